The van der Waals surface area contributed by atoms with Gasteiger partial charge in [0.15, 0.2) is 5.96 Å². The summed E-state index contributed by atoms with van der Waals surface area (Å²) in [7, 11) is 3.42. The smallest absolute Gasteiger partial charge is 0.191 e. The second-order valence-corrected chi connectivity index (χ2v) is 6.41. The van der Waals surface area contributed by atoms with E-state index in [1.807, 2.05) is 12.1 Å². The molecule has 2 rings (SSSR count). The van der Waals surface area contributed by atoms with E-state index in [1.54, 1.807) is 20.2 Å². The van der Waals surface area contributed by atoms with E-state index in [2.05, 4.69) is 32.3 Å². The van der Waals surface area contributed by atoms with Crippen LogP contribution in [0.5, 0.6) is 0 Å². The number of anilines is 1. The Balaban J connectivity index is 1.85. The van der Waals surface area contributed by atoms with Crippen molar-refractivity contribution in [3.63, 3.8) is 0 Å². The molecule has 1 aliphatic rings. The van der Waals surface area contributed by atoms with E-state index in [9.17, 15) is 4.39 Å². The molecule has 1 aromatic rings. The van der Waals surface area contributed by atoms with Crippen LogP contribution in [0, 0.1) is 5.82 Å². The van der Waals surface area contributed by atoms with Crippen molar-refractivity contribution < 1.29 is 9.13 Å². The predicted molar refractivity (Wildman–Crippen MR) is 105 cm³/mol. The fourth-order valence-electron chi connectivity index (χ4n) is 3.05. The fourth-order valence-corrected chi connectivity index (χ4v) is 3.05. The number of nitrogens with zero attached hydrogens (tertiary/aromatic N) is 3. The average Bonchev–Trinajstić information content (AvgIpc) is 2.68. The Labute approximate surface area is 156 Å². The van der Waals surface area contributed by atoms with Gasteiger partial charge in [-0.05, 0) is 30.7 Å². The fraction of sp³-hybridized carbons (Fsp3) is 0.632. The van der Waals surface area contributed by atoms with Gasteiger partial charge in [-0.15, -0.1) is 0 Å². The molecule has 0 saturated carbocycles. The zero-order valence-corrected chi connectivity index (χ0v) is 16.2. The van der Waals surface area contributed by atoms with Crippen molar-refractivity contribution in [1.29, 1.82) is 0 Å². The minimum Gasteiger partial charge on any atom is -0.385 e. The molecular formula is C19H32FN5O. The van der Waals surface area contributed by atoms with Gasteiger partial charge in [0.25, 0.3) is 0 Å². The topological polar surface area (TPSA) is 52.1 Å². The molecule has 0 aliphatic carbocycles. The lowest BCUT2D eigenvalue weighted by molar-refractivity contribution is 0.195. The van der Waals surface area contributed by atoms with E-state index in [1.165, 1.54) is 0 Å². The summed E-state index contributed by atoms with van der Waals surface area (Å²) in [6, 6.07) is 5.49. The van der Waals surface area contributed by atoms with Crippen LogP contribution in [-0.2, 0) is 11.3 Å². The zero-order valence-electron chi connectivity index (χ0n) is 16.2. The van der Waals surface area contributed by atoms with Crippen LogP contribution in [-0.4, -0.2) is 70.9 Å². The Morgan fingerprint density at radius 3 is 2.62 bits per heavy atom. The molecule has 0 atom stereocenters. The van der Waals surface area contributed by atoms with Crippen molar-refractivity contribution in [3.8, 4) is 0 Å². The van der Waals surface area contributed by atoms with Crippen LogP contribution in [0.2, 0.25) is 0 Å². The maximum absolute atomic E-state index is 14.6. The lowest BCUT2D eigenvalue weighted by atomic mass is 10.1. The molecule has 6 nitrogen and oxygen atoms in total. The summed E-state index contributed by atoms with van der Waals surface area (Å²) in [6.07, 6.45) is 0.909. The number of hydrogen-bond donors (Lipinski definition) is 2. The number of piperazine rings is 1. The van der Waals surface area contributed by atoms with E-state index < -0.39 is 0 Å². The summed E-state index contributed by atoms with van der Waals surface area (Å²) in [5.41, 5.74) is 1.60. The van der Waals surface area contributed by atoms with E-state index in [0.29, 0.717) is 24.8 Å². The molecule has 0 spiro atoms. The highest BCUT2D eigenvalue weighted by atomic mass is 19.1. The van der Waals surface area contributed by atoms with Crippen molar-refractivity contribution in [2.24, 2.45) is 4.99 Å². The number of halogens is 1. The van der Waals surface area contributed by atoms with Crippen molar-refractivity contribution in [2.75, 3.05) is 64.9 Å². The molecule has 26 heavy (non-hydrogen) atoms. The number of hydrogen-bond acceptors (Lipinski definition) is 4. The molecular weight excluding hydrogens is 333 g/mol. The number of ether oxygens (including phenoxy) is 1. The maximum atomic E-state index is 14.6. The SMILES string of the molecule is CCN1CCN(c2ccc(CNC(=NC)NCCCOC)cc2F)CC1. The van der Waals surface area contributed by atoms with E-state index in [0.717, 1.165) is 51.3 Å². The van der Waals surface area contributed by atoms with Crippen LogP contribution in [0.15, 0.2) is 23.2 Å². The molecule has 0 amide bonds. The number of guanidine groups is 1. The van der Waals surface area contributed by atoms with Crippen molar-refractivity contribution in [2.45, 2.75) is 19.9 Å². The summed E-state index contributed by atoms with van der Waals surface area (Å²) in [5.74, 6) is 0.554. The molecule has 146 valence electrons. The Bertz CT molecular complexity index is 573. The van der Waals surface area contributed by atoms with Crippen LogP contribution in [0.3, 0.4) is 0 Å². The number of rotatable bonds is 8. The van der Waals surface area contributed by atoms with Crippen molar-refractivity contribution >= 4 is 11.6 Å². The highest BCUT2D eigenvalue weighted by molar-refractivity contribution is 5.79. The molecule has 1 aliphatic heterocycles. The molecule has 0 bridgehead atoms. The number of benzene rings is 1. The van der Waals surface area contributed by atoms with E-state index >= 15 is 0 Å². The van der Waals surface area contributed by atoms with Gasteiger partial charge >= 0.3 is 0 Å². The van der Waals surface area contributed by atoms with Crippen LogP contribution in [0.4, 0.5) is 10.1 Å². The van der Waals surface area contributed by atoms with Gasteiger partial charge in [-0.1, -0.05) is 13.0 Å². The molecule has 7 heteroatoms. The average molecular weight is 365 g/mol. The van der Waals surface area contributed by atoms with Gasteiger partial charge in [-0.25, -0.2) is 4.39 Å². The maximum Gasteiger partial charge on any atom is 0.191 e. The Morgan fingerprint density at radius 1 is 1.23 bits per heavy atom. The van der Waals surface area contributed by atoms with Gasteiger partial charge in [0.1, 0.15) is 5.82 Å². The monoisotopic (exact) mass is 365 g/mol. The van der Waals surface area contributed by atoms with Crippen LogP contribution in [0.1, 0.15) is 18.9 Å². The van der Waals surface area contributed by atoms with Gasteiger partial charge in [0.05, 0.1) is 5.69 Å². The van der Waals surface area contributed by atoms with Crippen molar-refractivity contribution in [3.05, 3.63) is 29.6 Å². The van der Waals surface area contributed by atoms with Crippen molar-refractivity contribution in [1.82, 2.24) is 15.5 Å². The first-order valence-corrected chi connectivity index (χ1v) is 9.37. The van der Waals surface area contributed by atoms with E-state index in [4.69, 9.17) is 4.74 Å². The summed E-state index contributed by atoms with van der Waals surface area (Å²) >= 11 is 0. The van der Waals surface area contributed by atoms with E-state index in [-0.39, 0.29) is 5.82 Å². The molecule has 1 saturated heterocycles. The van der Waals surface area contributed by atoms with Gasteiger partial charge in [-0.2, -0.15) is 0 Å². The lowest BCUT2D eigenvalue weighted by Gasteiger charge is -2.35. The van der Waals surface area contributed by atoms with Gasteiger partial charge in [-0.3, -0.25) is 4.99 Å². The molecule has 1 heterocycles. The Kier molecular flexibility index (Phi) is 8.64. The molecule has 2 N–H and O–H groups in total. The largest absolute Gasteiger partial charge is 0.385 e. The number of methoxy groups -OCH3 is 1. The lowest BCUT2D eigenvalue weighted by Crippen LogP contribution is -2.46. The summed E-state index contributed by atoms with van der Waals surface area (Å²) < 4.78 is 19.6. The molecule has 0 radical (unpaired) electrons. The Morgan fingerprint density at radius 2 is 2.00 bits per heavy atom. The third-order valence-electron chi connectivity index (χ3n) is 4.67. The molecule has 0 aromatic heterocycles. The summed E-state index contributed by atoms with van der Waals surface area (Å²) in [5, 5.41) is 6.43. The summed E-state index contributed by atoms with van der Waals surface area (Å²) in [6.45, 7) is 8.98. The van der Waals surface area contributed by atoms with Gasteiger partial charge in [0, 0.05) is 60.0 Å². The normalized spacial score (nSPS) is 16.0. The van der Waals surface area contributed by atoms with Gasteiger partial charge in [0.2, 0.25) is 0 Å². The van der Waals surface area contributed by atoms with Gasteiger partial charge < -0.3 is 25.2 Å². The van der Waals surface area contributed by atoms with Crippen LogP contribution in [0.25, 0.3) is 0 Å². The minimum atomic E-state index is -0.155. The predicted octanol–water partition coefficient (Wildman–Crippen LogP) is 1.67. The number of aliphatic imine (C=N–C) groups is 1. The third kappa shape index (κ3) is 6.14. The minimum absolute atomic E-state index is 0.155. The first-order valence-electron chi connectivity index (χ1n) is 9.37. The number of likely N-dealkylation sites (N-methyl/N-ethyl adjacent to an activating group) is 1. The second-order valence-electron chi connectivity index (χ2n) is 6.41. The Hall–Kier alpha value is -1.86. The van der Waals surface area contributed by atoms with Crippen LogP contribution < -0.4 is 15.5 Å². The standard InChI is InChI=1S/C19H32FN5O/c1-4-24-9-11-25(12-10-24)18-7-6-16(14-17(18)20)15-23-19(21-2)22-8-5-13-26-3/h6-7,14H,4-5,8-13,15H2,1-3H3,(H2,21,22,23). The van der Waals surface area contributed by atoms with Crippen LogP contribution >= 0.6 is 0 Å². The summed E-state index contributed by atoms with van der Waals surface area (Å²) in [4.78, 5) is 8.70. The first-order chi connectivity index (χ1) is 12.7. The first kappa shape index (κ1) is 20.5. The quantitative estimate of drug-likeness (QED) is 0.417. The second kappa shape index (κ2) is 11.0. The highest BCUT2D eigenvalue weighted by Crippen LogP contribution is 2.22. The molecule has 1 fully saturated rings. The zero-order chi connectivity index (χ0) is 18.8. The number of nitrogens with one attached hydrogen (secondary N) is 2. The third-order valence-corrected chi connectivity index (χ3v) is 4.67. The molecule has 1 aromatic carbocycles. The highest BCUT2D eigenvalue weighted by Gasteiger charge is 2.18. The molecule has 0 unspecified atom stereocenters.